The van der Waals surface area contributed by atoms with Crippen LogP contribution in [0.4, 0.5) is 5.69 Å². The zero-order chi connectivity index (χ0) is 13.8. The Bertz CT molecular complexity index is 501. The highest BCUT2D eigenvalue weighted by Gasteiger charge is 2.14. The van der Waals surface area contributed by atoms with E-state index in [1.54, 1.807) is 12.1 Å². The van der Waals surface area contributed by atoms with Gasteiger partial charge >= 0.3 is 0 Å². The standard InChI is InChI=1S/C13H18N4O2/c14-11-7-9(13(15)19)1-2-10(11)8-17-5-3-12(18)16-4-6-17/h1-2,7H,3-6,8,14H2,(H2,15,19)(H,16,18). The monoisotopic (exact) mass is 262 g/mol. The number of benzene rings is 1. The Morgan fingerprint density at radius 2 is 2.16 bits per heavy atom. The van der Waals surface area contributed by atoms with Crippen LogP contribution in [0.1, 0.15) is 22.3 Å². The summed E-state index contributed by atoms with van der Waals surface area (Å²) in [7, 11) is 0. The maximum absolute atomic E-state index is 11.3. The summed E-state index contributed by atoms with van der Waals surface area (Å²) in [6.07, 6.45) is 0.499. The number of hydrogen-bond acceptors (Lipinski definition) is 4. The molecular weight excluding hydrogens is 244 g/mol. The molecule has 2 amide bonds. The minimum absolute atomic E-state index is 0.0829. The van der Waals surface area contributed by atoms with Crippen LogP contribution in [0.5, 0.6) is 0 Å². The SMILES string of the molecule is NC(=O)c1ccc(CN2CCNC(=O)CC2)c(N)c1. The van der Waals surface area contributed by atoms with Gasteiger partial charge in [0.05, 0.1) is 0 Å². The molecule has 0 aliphatic carbocycles. The Kier molecular flexibility index (Phi) is 4.01. The molecule has 1 saturated heterocycles. The number of rotatable bonds is 3. The van der Waals surface area contributed by atoms with Gasteiger partial charge in [0.25, 0.3) is 0 Å². The molecule has 1 aliphatic heterocycles. The number of anilines is 1. The fourth-order valence-electron chi connectivity index (χ4n) is 2.10. The summed E-state index contributed by atoms with van der Waals surface area (Å²) < 4.78 is 0. The summed E-state index contributed by atoms with van der Waals surface area (Å²) in [6.45, 7) is 2.82. The van der Waals surface area contributed by atoms with E-state index < -0.39 is 5.91 Å². The summed E-state index contributed by atoms with van der Waals surface area (Å²) in [4.78, 5) is 24.5. The van der Waals surface area contributed by atoms with Crippen LogP contribution in [0.2, 0.25) is 0 Å². The van der Waals surface area contributed by atoms with Crippen molar-refractivity contribution in [2.45, 2.75) is 13.0 Å². The fraction of sp³-hybridized carbons (Fsp3) is 0.385. The number of primary amides is 1. The predicted molar refractivity (Wildman–Crippen MR) is 72.3 cm³/mol. The van der Waals surface area contributed by atoms with Gasteiger partial charge in [0.2, 0.25) is 11.8 Å². The van der Waals surface area contributed by atoms with Gasteiger partial charge in [-0.05, 0) is 17.7 Å². The Hall–Kier alpha value is -2.08. The maximum atomic E-state index is 11.3. The van der Waals surface area contributed by atoms with E-state index >= 15 is 0 Å². The third-order valence-electron chi connectivity index (χ3n) is 3.23. The molecule has 6 heteroatoms. The van der Waals surface area contributed by atoms with Crippen molar-refractivity contribution >= 4 is 17.5 Å². The van der Waals surface area contributed by atoms with Crippen molar-refractivity contribution < 1.29 is 9.59 Å². The number of hydrogen-bond donors (Lipinski definition) is 3. The van der Waals surface area contributed by atoms with Gasteiger partial charge in [-0.3, -0.25) is 14.5 Å². The first-order valence-electron chi connectivity index (χ1n) is 6.23. The van der Waals surface area contributed by atoms with E-state index in [2.05, 4.69) is 10.2 Å². The third-order valence-corrected chi connectivity index (χ3v) is 3.23. The first-order valence-corrected chi connectivity index (χ1v) is 6.23. The van der Waals surface area contributed by atoms with Crippen molar-refractivity contribution in [2.24, 2.45) is 5.73 Å². The summed E-state index contributed by atoms with van der Waals surface area (Å²) in [6, 6.07) is 5.09. The predicted octanol–water partition coefficient (Wildman–Crippen LogP) is -0.310. The zero-order valence-electron chi connectivity index (χ0n) is 10.7. The van der Waals surface area contributed by atoms with Gasteiger partial charge in [-0.25, -0.2) is 0 Å². The molecule has 1 aliphatic rings. The van der Waals surface area contributed by atoms with Crippen LogP contribution in [0.3, 0.4) is 0 Å². The molecule has 1 fully saturated rings. The Morgan fingerprint density at radius 3 is 2.84 bits per heavy atom. The quantitative estimate of drug-likeness (QED) is 0.650. The van der Waals surface area contributed by atoms with Crippen molar-refractivity contribution in [2.75, 3.05) is 25.4 Å². The van der Waals surface area contributed by atoms with Gasteiger partial charge in [0.1, 0.15) is 0 Å². The number of nitrogens with one attached hydrogen (secondary N) is 1. The van der Waals surface area contributed by atoms with Crippen LogP contribution < -0.4 is 16.8 Å². The highest BCUT2D eigenvalue weighted by atomic mass is 16.2. The molecular formula is C13H18N4O2. The molecule has 0 atom stereocenters. The van der Waals surface area contributed by atoms with Crippen molar-refractivity contribution in [3.8, 4) is 0 Å². The van der Waals surface area contributed by atoms with Gasteiger partial charge in [-0.2, -0.15) is 0 Å². The average molecular weight is 262 g/mol. The third kappa shape index (κ3) is 3.45. The van der Waals surface area contributed by atoms with Crippen molar-refractivity contribution in [1.29, 1.82) is 0 Å². The molecule has 19 heavy (non-hydrogen) atoms. The lowest BCUT2D eigenvalue weighted by Gasteiger charge is -2.20. The number of nitrogen functional groups attached to an aromatic ring is 1. The number of amides is 2. The van der Waals surface area contributed by atoms with Crippen molar-refractivity contribution in [3.05, 3.63) is 29.3 Å². The Morgan fingerprint density at radius 1 is 1.37 bits per heavy atom. The van der Waals surface area contributed by atoms with Gasteiger partial charge in [-0.1, -0.05) is 6.07 Å². The van der Waals surface area contributed by atoms with Crippen LogP contribution in [0.25, 0.3) is 0 Å². The van der Waals surface area contributed by atoms with E-state index in [-0.39, 0.29) is 5.91 Å². The first-order chi connectivity index (χ1) is 9.06. The molecule has 1 aromatic rings. The minimum Gasteiger partial charge on any atom is -0.398 e. The van der Waals surface area contributed by atoms with E-state index in [9.17, 15) is 9.59 Å². The van der Waals surface area contributed by atoms with Crippen molar-refractivity contribution in [3.63, 3.8) is 0 Å². The van der Waals surface area contributed by atoms with Gasteiger partial charge in [0, 0.05) is 43.9 Å². The fourth-order valence-corrected chi connectivity index (χ4v) is 2.10. The van der Waals surface area contributed by atoms with Gasteiger partial charge in [-0.15, -0.1) is 0 Å². The molecule has 0 spiro atoms. The van der Waals surface area contributed by atoms with Gasteiger partial charge < -0.3 is 16.8 Å². The first kappa shape index (κ1) is 13.4. The topological polar surface area (TPSA) is 101 Å². The molecule has 6 nitrogen and oxygen atoms in total. The lowest BCUT2D eigenvalue weighted by Crippen LogP contribution is -2.28. The van der Waals surface area contributed by atoms with Crippen LogP contribution in [0, 0.1) is 0 Å². The number of nitrogens with two attached hydrogens (primary N) is 2. The van der Waals surface area contributed by atoms with E-state index in [1.165, 1.54) is 0 Å². The second kappa shape index (κ2) is 5.71. The average Bonchev–Trinajstić information content (AvgIpc) is 2.57. The molecule has 5 N–H and O–H groups in total. The summed E-state index contributed by atoms with van der Waals surface area (Å²) in [5.41, 5.74) is 13.0. The molecule has 102 valence electrons. The van der Waals surface area contributed by atoms with E-state index in [4.69, 9.17) is 11.5 Å². The second-order valence-corrected chi connectivity index (χ2v) is 4.65. The Balaban J connectivity index is 2.06. The van der Waals surface area contributed by atoms with E-state index in [0.717, 1.165) is 12.1 Å². The summed E-state index contributed by atoms with van der Waals surface area (Å²) >= 11 is 0. The summed E-state index contributed by atoms with van der Waals surface area (Å²) in [5, 5.41) is 2.83. The lowest BCUT2D eigenvalue weighted by molar-refractivity contribution is -0.120. The van der Waals surface area contributed by atoms with E-state index in [1.807, 2.05) is 6.07 Å². The van der Waals surface area contributed by atoms with Crippen LogP contribution >= 0.6 is 0 Å². The van der Waals surface area contributed by atoms with Gasteiger partial charge in [0.15, 0.2) is 0 Å². The number of carbonyl (C=O) groups is 2. The molecule has 1 heterocycles. The Labute approximate surface area is 111 Å². The smallest absolute Gasteiger partial charge is 0.248 e. The zero-order valence-corrected chi connectivity index (χ0v) is 10.7. The summed E-state index contributed by atoms with van der Waals surface area (Å²) in [5.74, 6) is -0.401. The normalized spacial score (nSPS) is 16.7. The molecule has 2 rings (SSSR count). The highest BCUT2D eigenvalue weighted by Crippen LogP contribution is 2.16. The maximum Gasteiger partial charge on any atom is 0.248 e. The highest BCUT2D eigenvalue weighted by molar-refractivity contribution is 5.93. The molecule has 0 aromatic heterocycles. The molecule has 1 aromatic carbocycles. The lowest BCUT2D eigenvalue weighted by atomic mass is 10.1. The van der Waals surface area contributed by atoms with Crippen LogP contribution in [-0.4, -0.2) is 36.3 Å². The van der Waals surface area contributed by atoms with E-state index in [0.29, 0.717) is 37.3 Å². The largest absolute Gasteiger partial charge is 0.398 e. The molecule has 0 saturated carbocycles. The molecule has 0 radical (unpaired) electrons. The number of nitrogens with zero attached hydrogens (tertiary/aromatic N) is 1. The second-order valence-electron chi connectivity index (χ2n) is 4.65. The van der Waals surface area contributed by atoms with Crippen LogP contribution in [0.15, 0.2) is 18.2 Å². The molecule has 0 unspecified atom stereocenters. The van der Waals surface area contributed by atoms with Crippen molar-refractivity contribution in [1.82, 2.24) is 10.2 Å². The molecule has 0 bridgehead atoms. The number of carbonyl (C=O) groups excluding carboxylic acids is 2. The van der Waals surface area contributed by atoms with Crippen LogP contribution in [-0.2, 0) is 11.3 Å². The minimum atomic E-state index is -0.484.